The van der Waals surface area contributed by atoms with Crippen molar-refractivity contribution in [2.75, 3.05) is 0 Å². The molecule has 0 bridgehead atoms. The van der Waals surface area contributed by atoms with Crippen molar-refractivity contribution in [3.8, 4) is 22.3 Å². The van der Waals surface area contributed by atoms with Crippen molar-refractivity contribution >= 4 is 55.2 Å². The van der Waals surface area contributed by atoms with Crippen molar-refractivity contribution in [1.29, 1.82) is 0 Å². The molecule has 0 spiro atoms. The van der Waals surface area contributed by atoms with Crippen LogP contribution in [0.4, 0.5) is 0 Å². The molecule has 0 heterocycles. The molecule has 0 amide bonds. The molecule has 47 heavy (non-hydrogen) atoms. The largest absolute Gasteiger partial charge is 0.0758 e. The Morgan fingerprint density at radius 3 is 2.02 bits per heavy atom. The van der Waals surface area contributed by atoms with Gasteiger partial charge in [0.1, 0.15) is 0 Å². The van der Waals surface area contributed by atoms with Gasteiger partial charge in [-0.25, -0.2) is 0 Å². The van der Waals surface area contributed by atoms with Crippen LogP contribution in [0, 0.1) is 0 Å². The molecule has 0 fully saturated rings. The number of fused-ring (bicyclic) bond motifs is 9. The van der Waals surface area contributed by atoms with E-state index in [1.165, 1.54) is 92.5 Å². The highest BCUT2D eigenvalue weighted by molar-refractivity contribution is 6.18. The maximum Gasteiger partial charge on any atom is 0.0159 e. The molecule has 2 aliphatic rings. The van der Waals surface area contributed by atoms with Gasteiger partial charge in [-0.05, 0) is 117 Å². The molecule has 8 aromatic rings. The molecular weight excluding hydrogens is 565 g/mol. The quantitative estimate of drug-likeness (QED) is 0.174. The van der Waals surface area contributed by atoms with Gasteiger partial charge in [-0.3, -0.25) is 0 Å². The summed E-state index contributed by atoms with van der Waals surface area (Å²) in [7, 11) is 0. The van der Waals surface area contributed by atoms with Gasteiger partial charge in [0.25, 0.3) is 0 Å². The van der Waals surface area contributed by atoms with Gasteiger partial charge in [-0.15, -0.1) is 0 Å². The van der Waals surface area contributed by atoms with E-state index >= 15 is 0 Å². The third-order valence-corrected chi connectivity index (χ3v) is 11.1. The Morgan fingerprint density at radius 2 is 1.17 bits per heavy atom. The summed E-state index contributed by atoms with van der Waals surface area (Å²) in [5.74, 6) is 0.280. The van der Waals surface area contributed by atoms with E-state index in [1.807, 2.05) is 0 Å². The van der Waals surface area contributed by atoms with E-state index in [4.69, 9.17) is 0 Å². The van der Waals surface area contributed by atoms with Crippen LogP contribution in [0.1, 0.15) is 42.9 Å². The molecule has 1 atom stereocenters. The van der Waals surface area contributed by atoms with Crippen molar-refractivity contribution in [3.05, 3.63) is 167 Å². The van der Waals surface area contributed by atoms with E-state index < -0.39 is 0 Å². The fourth-order valence-electron chi connectivity index (χ4n) is 8.85. The molecule has 0 aromatic heterocycles. The Bertz CT molecular complexity index is 2740. The number of rotatable bonds is 2. The van der Waals surface area contributed by atoms with E-state index in [1.54, 1.807) is 0 Å². The van der Waals surface area contributed by atoms with Gasteiger partial charge >= 0.3 is 0 Å². The lowest BCUT2D eigenvalue weighted by molar-refractivity contribution is 0.661. The lowest BCUT2D eigenvalue weighted by Crippen LogP contribution is -2.27. The molecular formula is C47H34. The van der Waals surface area contributed by atoms with Crippen LogP contribution in [0.25, 0.3) is 77.5 Å². The molecule has 1 unspecified atom stereocenters. The molecule has 10 rings (SSSR count). The monoisotopic (exact) mass is 598 g/mol. The van der Waals surface area contributed by atoms with Crippen molar-refractivity contribution in [2.24, 2.45) is 0 Å². The van der Waals surface area contributed by atoms with Gasteiger partial charge < -0.3 is 0 Å². The zero-order valence-electron chi connectivity index (χ0n) is 26.7. The van der Waals surface area contributed by atoms with Crippen LogP contribution < -0.4 is 10.4 Å². The Hall–Kier alpha value is -5.46. The van der Waals surface area contributed by atoms with Gasteiger partial charge in [-0.1, -0.05) is 147 Å². The van der Waals surface area contributed by atoms with Crippen LogP contribution in [0.2, 0.25) is 0 Å². The van der Waals surface area contributed by atoms with Gasteiger partial charge in [0.05, 0.1) is 0 Å². The molecule has 0 nitrogen and oxygen atoms in total. The normalized spacial score (nSPS) is 16.1. The summed E-state index contributed by atoms with van der Waals surface area (Å²) < 4.78 is 0. The second-order valence-electron chi connectivity index (χ2n) is 14.0. The van der Waals surface area contributed by atoms with Crippen LogP contribution >= 0.6 is 0 Å². The highest BCUT2D eigenvalue weighted by atomic mass is 14.4. The lowest BCUT2D eigenvalue weighted by atomic mass is 9.78. The number of hydrogen-bond donors (Lipinski definition) is 0. The first-order chi connectivity index (χ1) is 23.1. The van der Waals surface area contributed by atoms with Crippen LogP contribution in [0.15, 0.2) is 140 Å². The summed E-state index contributed by atoms with van der Waals surface area (Å²) in [5.41, 5.74) is 9.58. The third-order valence-electron chi connectivity index (χ3n) is 11.1. The standard InChI is InChI=1S/C47H34/c1-47(2)42-24-23-31-13-7-8-16-36(31)46(42)41-27-39-40(28-43(41)47)45(35-22-20-30-12-4-6-15-33(30)26-35)38-18-10-9-17-37(38)44(39)34-21-19-29-11-3-5-14-32(29)25-34/h3-20,22-28,34H,21H2,1-2H3. The Labute approximate surface area is 274 Å². The van der Waals surface area contributed by atoms with Crippen LogP contribution in [0.5, 0.6) is 0 Å². The van der Waals surface area contributed by atoms with Crippen LogP contribution in [-0.4, -0.2) is 0 Å². The lowest BCUT2D eigenvalue weighted by Gasteiger charge is -2.25. The maximum absolute atomic E-state index is 2.57. The predicted molar refractivity (Wildman–Crippen MR) is 201 cm³/mol. The molecule has 222 valence electrons. The van der Waals surface area contributed by atoms with E-state index in [0.717, 1.165) is 6.42 Å². The highest BCUT2D eigenvalue weighted by Gasteiger charge is 2.37. The Kier molecular flexibility index (Phi) is 5.56. The predicted octanol–water partition coefficient (Wildman–Crippen LogP) is 11.0. The Morgan fingerprint density at radius 1 is 0.489 bits per heavy atom. The van der Waals surface area contributed by atoms with E-state index in [2.05, 4.69) is 166 Å². The first-order valence-electron chi connectivity index (χ1n) is 16.9. The first-order valence-corrected chi connectivity index (χ1v) is 16.9. The van der Waals surface area contributed by atoms with Crippen LogP contribution in [0.3, 0.4) is 0 Å². The molecule has 2 aliphatic carbocycles. The van der Waals surface area contributed by atoms with Crippen molar-refractivity contribution in [3.63, 3.8) is 0 Å². The van der Waals surface area contributed by atoms with E-state index in [-0.39, 0.29) is 11.3 Å². The van der Waals surface area contributed by atoms with E-state index in [0.29, 0.717) is 0 Å². The second kappa shape index (κ2) is 9.77. The molecule has 0 heteroatoms. The molecule has 0 saturated heterocycles. The van der Waals surface area contributed by atoms with Gasteiger partial charge in [0.15, 0.2) is 0 Å². The fourth-order valence-corrected chi connectivity index (χ4v) is 8.85. The molecule has 0 aliphatic heterocycles. The smallest absolute Gasteiger partial charge is 0.0159 e. The summed E-state index contributed by atoms with van der Waals surface area (Å²) in [6.07, 6.45) is 5.96. The zero-order chi connectivity index (χ0) is 31.3. The fraction of sp³-hybridized carbons (Fsp3) is 0.106. The zero-order valence-corrected chi connectivity index (χ0v) is 26.7. The molecule has 0 N–H and O–H groups in total. The average Bonchev–Trinajstić information content (AvgIpc) is 3.34. The maximum atomic E-state index is 2.57. The summed E-state index contributed by atoms with van der Waals surface area (Å²) in [6, 6.07) is 52.5. The molecule has 0 saturated carbocycles. The second-order valence-corrected chi connectivity index (χ2v) is 14.0. The minimum Gasteiger partial charge on any atom is -0.0758 e. The van der Waals surface area contributed by atoms with Crippen molar-refractivity contribution in [2.45, 2.75) is 31.6 Å². The SMILES string of the molecule is CC1(C)c2cc3c(-c4ccc5ccccc5c4)c4ccccc4c(C4C=c5ccccc5=CC4)c3cc2-c2c1ccc1ccccc21. The van der Waals surface area contributed by atoms with Gasteiger partial charge in [0, 0.05) is 11.3 Å². The number of hydrogen-bond acceptors (Lipinski definition) is 0. The Balaban J connectivity index is 1.38. The topological polar surface area (TPSA) is 0 Å². The van der Waals surface area contributed by atoms with Crippen molar-refractivity contribution in [1.82, 2.24) is 0 Å². The van der Waals surface area contributed by atoms with Gasteiger partial charge in [-0.2, -0.15) is 0 Å². The van der Waals surface area contributed by atoms with Crippen LogP contribution in [-0.2, 0) is 5.41 Å². The van der Waals surface area contributed by atoms with E-state index in [9.17, 15) is 0 Å². The highest BCUT2D eigenvalue weighted by Crippen LogP contribution is 2.54. The summed E-state index contributed by atoms with van der Waals surface area (Å²) >= 11 is 0. The minimum atomic E-state index is -0.112. The first kappa shape index (κ1) is 26.7. The van der Waals surface area contributed by atoms with Crippen molar-refractivity contribution < 1.29 is 0 Å². The molecule has 8 aromatic carbocycles. The average molecular weight is 599 g/mol. The van der Waals surface area contributed by atoms with Gasteiger partial charge in [0.2, 0.25) is 0 Å². The summed E-state index contributed by atoms with van der Waals surface area (Å²) in [5, 5.41) is 13.3. The minimum absolute atomic E-state index is 0.112. The summed E-state index contributed by atoms with van der Waals surface area (Å²) in [6.45, 7) is 4.83. The number of benzene rings is 8. The summed E-state index contributed by atoms with van der Waals surface area (Å²) in [4.78, 5) is 0. The molecule has 0 radical (unpaired) electrons. The third kappa shape index (κ3) is 3.82.